The van der Waals surface area contributed by atoms with Crippen molar-refractivity contribution in [1.29, 1.82) is 0 Å². The maximum Gasteiger partial charge on any atom is 0.245 e. The number of hydrogen-bond acceptors (Lipinski definition) is 9. The van der Waals surface area contributed by atoms with Crippen LogP contribution in [0.25, 0.3) is 0 Å². The number of hydrogen-bond donors (Lipinski definition) is 8. The van der Waals surface area contributed by atoms with E-state index < -0.39 is 64.7 Å². The minimum atomic E-state index is -1.09. The molecule has 3 aliphatic rings. The van der Waals surface area contributed by atoms with Crippen molar-refractivity contribution in [1.82, 2.24) is 46.5 Å². The van der Waals surface area contributed by atoms with E-state index in [1.165, 1.54) is 17.5 Å². The second kappa shape index (κ2) is 24.8. The van der Waals surface area contributed by atoms with Crippen LogP contribution in [-0.4, -0.2) is 96.1 Å². The summed E-state index contributed by atoms with van der Waals surface area (Å²) in [4.78, 5) is 96.6. The van der Waals surface area contributed by atoms with Gasteiger partial charge in [-0.15, -0.1) is 0 Å². The van der Waals surface area contributed by atoms with Crippen LogP contribution in [0, 0.1) is 10.8 Å². The minimum absolute atomic E-state index is 0.0114. The first-order chi connectivity index (χ1) is 31.2. The number of benzene rings is 2. The minimum Gasteiger partial charge on any atom is -0.352 e. The van der Waals surface area contributed by atoms with E-state index in [0.717, 1.165) is 49.6 Å². The van der Waals surface area contributed by atoms with Gasteiger partial charge in [-0.3, -0.25) is 33.6 Å². The molecule has 8 atom stereocenters. The molecule has 0 saturated carbocycles. The molecule has 5 rings (SSSR count). The largest absolute Gasteiger partial charge is 0.352 e. The summed E-state index contributed by atoms with van der Waals surface area (Å²) < 4.78 is 0. The van der Waals surface area contributed by atoms with E-state index in [2.05, 4.69) is 59.8 Å². The van der Waals surface area contributed by atoms with Gasteiger partial charge in [-0.1, -0.05) is 90.1 Å². The Bertz CT molecular complexity index is 2010. The Balaban J connectivity index is 0.000000620. The van der Waals surface area contributed by atoms with Gasteiger partial charge < -0.3 is 36.8 Å². The molecule has 4 unspecified atom stereocenters. The molecule has 2 aromatic carbocycles. The first-order valence-corrected chi connectivity index (χ1v) is 23.8. The first-order valence-electron chi connectivity index (χ1n) is 23.1. The highest BCUT2D eigenvalue weighted by molar-refractivity contribution is 6.15. The predicted octanol–water partition coefficient (Wildman–Crippen LogP) is 4.30. The number of nitrogens with one attached hydrogen (secondary N) is 8. The SMILES string of the molecule is C[C@H](NCl)C(=O)NC(C(=O)N1CC[C@H](NC(=O)CC[C@@H](NC(=O)C(NC(=O)[C@@H](C)NCl)C(C)(C)C)C(=O)NC2CCCc3ccccc32)C1)C(C)(C)C.O=CNC1CCCc2ccccc21. The molecule has 1 heterocycles. The van der Waals surface area contributed by atoms with Gasteiger partial charge in [-0.05, 0) is 122 Å². The Morgan fingerprint density at radius 1 is 0.682 bits per heavy atom. The molecule has 1 fully saturated rings. The third-order valence-corrected chi connectivity index (χ3v) is 13.1. The maximum atomic E-state index is 13.9. The quantitative estimate of drug-likeness (QED) is 0.0837. The van der Waals surface area contributed by atoms with Gasteiger partial charge in [0.15, 0.2) is 0 Å². The highest BCUT2D eigenvalue weighted by Gasteiger charge is 2.40. The summed E-state index contributed by atoms with van der Waals surface area (Å²) in [5.74, 6) is -2.51. The van der Waals surface area contributed by atoms with Crippen molar-refractivity contribution in [3.05, 3.63) is 70.8 Å². The zero-order valence-corrected chi connectivity index (χ0v) is 41.2. The van der Waals surface area contributed by atoms with Crippen molar-refractivity contribution in [3.8, 4) is 0 Å². The molecule has 18 heteroatoms. The molecule has 0 spiro atoms. The van der Waals surface area contributed by atoms with E-state index in [9.17, 15) is 33.6 Å². The topological polar surface area (TPSA) is 219 Å². The van der Waals surface area contributed by atoms with E-state index >= 15 is 0 Å². The van der Waals surface area contributed by atoms with Crippen LogP contribution in [-0.2, 0) is 46.4 Å². The Morgan fingerprint density at radius 3 is 1.73 bits per heavy atom. The number of amides is 7. The molecule has 2 aromatic rings. The summed E-state index contributed by atoms with van der Waals surface area (Å²) in [7, 11) is 0. The van der Waals surface area contributed by atoms with Crippen molar-refractivity contribution in [2.24, 2.45) is 10.8 Å². The van der Waals surface area contributed by atoms with Crippen molar-refractivity contribution in [2.75, 3.05) is 13.1 Å². The van der Waals surface area contributed by atoms with Gasteiger partial charge in [-0.25, -0.2) is 9.67 Å². The fourth-order valence-corrected chi connectivity index (χ4v) is 8.70. The van der Waals surface area contributed by atoms with Crippen LogP contribution in [0.1, 0.15) is 135 Å². The molecule has 66 heavy (non-hydrogen) atoms. The molecule has 2 aliphatic carbocycles. The van der Waals surface area contributed by atoms with E-state index in [1.54, 1.807) is 39.5 Å². The predicted molar refractivity (Wildman–Crippen MR) is 256 cm³/mol. The van der Waals surface area contributed by atoms with E-state index in [-0.39, 0.29) is 49.3 Å². The van der Waals surface area contributed by atoms with Crippen molar-refractivity contribution in [3.63, 3.8) is 0 Å². The molecular weight excluding hydrogens is 885 g/mol. The fraction of sp³-hybridized carbons (Fsp3) is 0.604. The van der Waals surface area contributed by atoms with Crippen molar-refractivity contribution < 1.29 is 33.6 Å². The number of likely N-dealkylation sites (tertiary alicyclic amines) is 1. The third kappa shape index (κ3) is 15.4. The number of halogens is 2. The van der Waals surface area contributed by atoms with Crippen LogP contribution in [0.3, 0.4) is 0 Å². The van der Waals surface area contributed by atoms with Crippen LogP contribution < -0.4 is 41.6 Å². The number of carbonyl (C=O) groups is 7. The lowest BCUT2D eigenvalue weighted by Gasteiger charge is -2.34. The molecule has 1 saturated heterocycles. The van der Waals surface area contributed by atoms with Crippen LogP contribution in [0.2, 0.25) is 0 Å². The molecule has 0 aromatic heterocycles. The van der Waals surface area contributed by atoms with Gasteiger partial charge in [0.25, 0.3) is 0 Å². The Morgan fingerprint density at radius 2 is 1.20 bits per heavy atom. The second-order valence-corrected chi connectivity index (χ2v) is 20.2. The Labute approximate surface area is 400 Å². The zero-order valence-electron chi connectivity index (χ0n) is 39.7. The molecular formula is C48H71Cl2N9O7. The summed E-state index contributed by atoms with van der Waals surface area (Å²) in [6.45, 7) is 14.7. The average molecular weight is 957 g/mol. The lowest BCUT2D eigenvalue weighted by atomic mass is 9.85. The summed E-state index contributed by atoms with van der Waals surface area (Å²) >= 11 is 11.3. The van der Waals surface area contributed by atoms with Gasteiger partial charge >= 0.3 is 0 Å². The fourth-order valence-electron chi connectivity index (χ4n) is 8.50. The third-order valence-electron chi connectivity index (χ3n) is 12.4. The van der Waals surface area contributed by atoms with E-state index in [1.807, 2.05) is 51.1 Å². The summed E-state index contributed by atoms with van der Waals surface area (Å²) in [6, 6.07) is 11.5. The summed E-state index contributed by atoms with van der Waals surface area (Å²) in [5, 5.41) is 17.3. The Kier molecular flexibility index (Phi) is 20.3. The van der Waals surface area contributed by atoms with Crippen LogP contribution in [0.15, 0.2) is 48.5 Å². The first kappa shape index (κ1) is 53.8. The van der Waals surface area contributed by atoms with Gasteiger partial charge in [0.2, 0.25) is 41.9 Å². The summed E-state index contributed by atoms with van der Waals surface area (Å²) in [5.41, 5.74) is 3.54. The lowest BCUT2D eigenvalue weighted by molar-refractivity contribution is -0.139. The monoisotopic (exact) mass is 955 g/mol. The smallest absolute Gasteiger partial charge is 0.245 e. The highest BCUT2D eigenvalue weighted by Crippen LogP contribution is 2.31. The average Bonchev–Trinajstić information content (AvgIpc) is 3.75. The van der Waals surface area contributed by atoms with E-state index in [0.29, 0.717) is 13.0 Å². The van der Waals surface area contributed by atoms with Crippen LogP contribution in [0.4, 0.5) is 0 Å². The van der Waals surface area contributed by atoms with Gasteiger partial charge in [0.05, 0.1) is 24.2 Å². The molecule has 16 nitrogen and oxygen atoms in total. The standard InChI is InChI=1S/C37H58Cl2N8O6.C11H13NO/c1-21(45-38)31(49)43-29(36(3,4)5)34(52)42-27(33(51)41-26-15-11-13-23-12-9-10-14-25(23)26)16-17-28(48)40-24-18-19-47(20-24)35(53)30(37(6,7)8)44-32(50)22(2)46-39;13-8-12-11-7-3-5-9-4-1-2-6-10(9)11/h9-10,12,14,21-22,24,26-27,29-30,45-46H,11,13,15-20H2,1-8H3,(H,40,48)(H,41,51)(H,42,52)(H,43,49)(H,44,50);1-2,4,6,8,11H,3,5,7H2,(H,12,13)/t21-,22+,24+,26?,27-,29?,30?;/m1./s1. The lowest BCUT2D eigenvalue weighted by Crippen LogP contribution is -2.59. The molecule has 0 radical (unpaired) electrons. The number of aryl methyl sites for hydroxylation is 2. The highest BCUT2D eigenvalue weighted by atomic mass is 35.5. The van der Waals surface area contributed by atoms with Crippen molar-refractivity contribution >= 4 is 65.4 Å². The van der Waals surface area contributed by atoms with Crippen LogP contribution >= 0.6 is 23.6 Å². The number of nitrogens with zero attached hydrogens (tertiary/aromatic N) is 1. The van der Waals surface area contributed by atoms with Crippen molar-refractivity contribution in [2.45, 2.75) is 162 Å². The summed E-state index contributed by atoms with van der Waals surface area (Å²) in [6.07, 6.45) is 7.11. The molecule has 7 amide bonds. The zero-order chi connectivity index (χ0) is 48.8. The van der Waals surface area contributed by atoms with E-state index in [4.69, 9.17) is 23.6 Å². The molecule has 8 N–H and O–H groups in total. The normalized spacial score (nSPS) is 20.2. The van der Waals surface area contributed by atoms with Gasteiger partial charge in [0.1, 0.15) is 18.1 Å². The Hall–Kier alpha value is -4.77. The van der Waals surface area contributed by atoms with Gasteiger partial charge in [0, 0.05) is 25.6 Å². The maximum absolute atomic E-state index is 13.9. The number of carbonyl (C=O) groups excluding carboxylic acids is 7. The van der Waals surface area contributed by atoms with Gasteiger partial charge in [-0.2, -0.15) is 0 Å². The molecule has 1 aliphatic heterocycles. The second-order valence-electron chi connectivity index (χ2n) is 19.8. The number of rotatable bonds is 17. The van der Waals surface area contributed by atoms with Crippen LogP contribution in [0.5, 0.6) is 0 Å². The number of fused-ring (bicyclic) bond motifs is 2. The molecule has 0 bridgehead atoms. The molecule has 364 valence electrons.